The van der Waals surface area contributed by atoms with E-state index in [1.807, 2.05) is 11.7 Å². The van der Waals surface area contributed by atoms with Gasteiger partial charge in [-0.05, 0) is 32.1 Å². The maximum atomic E-state index is 4.13. The molecule has 0 spiro atoms. The Morgan fingerprint density at radius 2 is 2.00 bits per heavy atom. The molecule has 0 amide bonds. The van der Waals surface area contributed by atoms with Gasteiger partial charge in [0.05, 0.1) is 5.51 Å². The molecule has 1 N–H and O–H groups in total. The summed E-state index contributed by atoms with van der Waals surface area (Å²) in [6, 6.07) is 8.96. The molecule has 0 fully saturated rings. The van der Waals surface area contributed by atoms with Crippen molar-refractivity contribution in [2.45, 2.75) is 26.1 Å². The van der Waals surface area contributed by atoms with Gasteiger partial charge in [-0.15, -0.1) is 11.3 Å². The molecule has 2 rings (SSSR count). The lowest BCUT2D eigenvalue weighted by Gasteiger charge is -2.16. The number of aromatic nitrogens is 1. The molecule has 0 bridgehead atoms. The Hall–Kier alpha value is -1.23. The lowest BCUT2D eigenvalue weighted by Crippen LogP contribution is -2.19. The van der Waals surface area contributed by atoms with Crippen molar-refractivity contribution < 1.29 is 0 Å². The highest BCUT2D eigenvalue weighted by Gasteiger charge is 2.08. The zero-order chi connectivity index (χ0) is 13.7. The molecule has 0 aliphatic heterocycles. The van der Waals surface area contributed by atoms with E-state index in [2.05, 4.69) is 60.5 Å². The van der Waals surface area contributed by atoms with Crippen molar-refractivity contribution in [3.63, 3.8) is 0 Å². The summed E-state index contributed by atoms with van der Waals surface area (Å²) >= 11 is 1.70. The molecule has 1 unspecified atom stereocenters. The Labute approximate surface area is 119 Å². The molecule has 0 radical (unpaired) electrons. The summed E-state index contributed by atoms with van der Waals surface area (Å²) in [5, 5.41) is 3.57. The molecule has 1 aromatic carbocycles. The van der Waals surface area contributed by atoms with Crippen LogP contribution >= 0.6 is 11.3 Å². The largest absolute Gasteiger partial charge is 0.305 e. The zero-order valence-corrected chi connectivity index (χ0v) is 12.6. The maximum absolute atomic E-state index is 4.13. The van der Waals surface area contributed by atoms with Crippen molar-refractivity contribution >= 4 is 11.3 Å². The van der Waals surface area contributed by atoms with Crippen molar-refractivity contribution in [2.75, 3.05) is 14.1 Å². The Morgan fingerprint density at radius 3 is 2.63 bits per heavy atom. The molecular weight excluding hydrogens is 254 g/mol. The number of benzene rings is 1. The summed E-state index contributed by atoms with van der Waals surface area (Å²) in [5.74, 6) is 0. The van der Waals surface area contributed by atoms with Crippen molar-refractivity contribution in [1.29, 1.82) is 0 Å². The molecule has 1 aromatic heterocycles. The fourth-order valence-corrected chi connectivity index (χ4v) is 2.68. The molecule has 1 atom stereocenters. The van der Waals surface area contributed by atoms with Crippen LogP contribution in [-0.2, 0) is 13.1 Å². The van der Waals surface area contributed by atoms with Crippen LogP contribution in [0.25, 0.3) is 0 Å². The number of hydrogen-bond donors (Lipinski definition) is 1. The number of rotatable bonds is 6. The minimum atomic E-state index is 0.347. The van der Waals surface area contributed by atoms with Crippen LogP contribution in [0.15, 0.2) is 36.0 Å². The van der Waals surface area contributed by atoms with Gasteiger partial charge in [-0.3, -0.25) is 4.98 Å². The van der Waals surface area contributed by atoms with Gasteiger partial charge < -0.3 is 10.2 Å². The minimum absolute atomic E-state index is 0.347. The van der Waals surface area contributed by atoms with Gasteiger partial charge in [0, 0.05) is 30.2 Å². The van der Waals surface area contributed by atoms with Gasteiger partial charge in [0.1, 0.15) is 0 Å². The second kappa shape index (κ2) is 6.80. The summed E-state index contributed by atoms with van der Waals surface area (Å²) < 4.78 is 0. The summed E-state index contributed by atoms with van der Waals surface area (Å²) in [6.07, 6.45) is 1.94. The van der Waals surface area contributed by atoms with E-state index in [1.165, 1.54) is 16.0 Å². The van der Waals surface area contributed by atoms with E-state index in [0.717, 1.165) is 13.1 Å². The Morgan fingerprint density at radius 1 is 1.26 bits per heavy atom. The van der Waals surface area contributed by atoms with Crippen LogP contribution in [-0.4, -0.2) is 24.0 Å². The SMILES string of the molecule is CC(NCc1ccccc1CN(C)C)c1cncs1. The average Bonchev–Trinajstić information content (AvgIpc) is 2.90. The molecule has 4 heteroatoms. The highest BCUT2D eigenvalue weighted by molar-refractivity contribution is 7.09. The molecule has 19 heavy (non-hydrogen) atoms. The molecule has 3 nitrogen and oxygen atoms in total. The normalized spacial score (nSPS) is 12.8. The zero-order valence-electron chi connectivity index (χ0n) is 11.8. The monoisotopic (exact) mass is 275 g/mol. The van der Waals surface area contributed by atoms with E-state index in [4.69, 9.17) is 0 Å². The predicted octanol–water partition coefficient (Wildman–Crippen LogP) is 3.06. The fraction of sp³-hybridized carbons (Fsp3) is 0.400. The Kier molecular flexibility index (Phi) is 5.07. The van der Waals surface area contributed by atoms with E-state index in [0.29, 0.717) is 6.04 Å². The third-order valence-corrected chi connectivity index (χ3v) is 4.04. The molecular formula is C15H21N3S. The maximum Gasteiger partial charge on any atom is 0.0794 e. The van der Waals surface area contributed by atoms with Crippen LogP contribution in [0.5, 0.6) is 0 Å². The quantitative estimate of drug-likeness (QED) is 0.878. The Balaban J connectivity index is 1.99. The lowest BCUT2D eigenvalue weighted by molar-refractivity contribution is 0.400. The second-order valence-electron chi connectivity index (χ2n) is 5.01. The van der Waals surface area contributed by atoms with Crippen LogP contribution in [0.3, 0.4) is 0 Å². The summed E-state index contributed by atoms with van der Waals surface area (Å²) in [7, 11) is 4.20. The van der Waals surface area contributed by atoms with Crippen LogP contribution in [0.2, 0.25) is 0 Å². The fourth-order valence-electron chi connectivity index (χ4n) is 2.03. The van der Waals surface area contributed by atoms with Crippen molar-refractivity contribution in [1.82, 2.24) is 15.2 Å². The molecule has 0 saturated carbocycles. The van der Waals surface area contributed by atoms with Gasteiger partial charge in [-0.25, -0.2) is 0 Å². The number of nitrogens with one attached hydrogen (secondary N) is 1. The molecule has 0 saturated heterocycles. The van der Waals surface area contributed by atoms with Crippen LogP contribution in [0.4, 0.5) is 0 Å². The van der Waals surface area contributed by atoms with Crippen molar-refractivity contribution in [2.24, 2.45) is 0 Å². The third-order valence-electron chi connectivity index (χ3n) is 3.08. The van der Waals surface area contributed by atoms with E-state index in [9.17, 15) is 0 Å². The van der Waals surface area contributed by atoms with Crippen LogP contribution < -0.4 is 5.32 Å². The number of thiazole rings is 1. The minimum Gasteiger partial charge on any atom is -0.305 e. The summed E-state index contributed by atoms with van der Waals surface area (Å²) in [5.41, 5.74) is 4.64. The van der Waals surface area contributed by atoms with Gasteiger partial charge in [0.25, 0.3) is 0 Å². The van der Waals surface area contributed by atoms with Crippen molar-refractivity contribution in [3.8, 4) is 0 Å². The molecule has 2 aromatic rings. The standard InChI is InChI=1S/C15H21N3S/c1-12(15-9-16-11-19-15)17-8-13-6-4-5-7-14(13)10-18(2)3/h4-7,9,11-12,17H,8,10H2,1-3H3. The molecule has 1 heterocycles. The van der Waals surface area contributed by atoms with Gasteiger partial charge >= 0.3 is 0 Å². The van der Waals surface area contributed by atoms with Gasteiger partial charge in [0.15, 0.2) is 0 Å². The third kappa shape index (κ3) is 4.13. The molecule has 0 aliphatic carbocycles. The van der Waals surface area contributed by atoms with E-state index in [-0.39, 0.29) is 0 Å². The summed E-state index contributed by atoms with van der Waals surface area (Å²) in [6.45, 7) is 4.05. The first-order valence-corrected chi connectivity index (χ1v) is 7.38. The van der Waals surface area contributed by atoms with Gasteiger partial charge in [-0.2, -0.15) is 0 Å². The first-order chi connectivity index (χ1) is 9.16. The predicted molar refractivity (Wildman–Crippen MR) is 81.2 cm³/mol. The van der Waals surface area contributed by atoms with Crippen LogP contribution in [0, 0.1) is 0 Å². The molecule has 102 valence electrons. The number of nitrogens with zero attached hydrogens (tertiary/aromatic N) is 2. The first-order valence-electron chi connectivity index (χ1n) is 6.50. The summed E-state index contributed by atoms with van der Waals surface area (Å²) in [4.78, 5) is 7.61. The van der Waals surface area contributed by atoms with E-state index in [1.54, 1.807) is 11.3 Å². The second-order valence-corrected chi connectivity index (χ2v) is 5.93. The van der Waals surface area contributed by atoms with E-state index >= 15 is 0 Å². The lowest BCUT2D eigenvalue weighted by atomic mass is 10.1. The number of hydrogen-bond acceptors (Lipinski definition) is 4. The van der Waals surface area contributed by atoms with Crippen molar-refractivity contribution in [3.05, 3.63) is 52.0 Å². The highest BCUT2D eigenvalue weighted by atomic mass is 32.1. The Bertz CT molecular complexity index is 494. The smallest absolute Gasteiger partial charge is 0.0794 e. The van der Waals surface area contributed by atoms with E-state index < -0.39 is 0 Å². The molecule has 0 aliphatic rings. The topological polar surface area (TPSA) is 28.2 Å². The van der Waals surface area contributed by atoms with Gasteiger partial charge in [0.2, 0.25) is 0 Å². The first kappa shape index (κ1) is 14.2. The highest BCUT2D eigenvalue weighted by Crippen LogP contribution is 2.18. The van der Waals surface area contributed by atoms with Gasteiger partial charge in [-0.1, -0.05) is 24.3 Å². The average molecular weight is 275 g/mol. The van der Waals surface area contributed by atoms with Crippen LogP contribution in [0.1, 0.15) is 29.0 Å².